The lowest BCUT2D eigenvalue weighted by atomic mass is 10.0. The molecule has 1 nitrogen and oxygen atoms in total. The van der Waals surface area contributed by atoms with Crippen LogP contribution in [0.5, 0.6) is 5.75 Å². The van der Waals surface area contributed by atoms with Crippen molar-refractivity contribution in [1.29, 1.82) is 0 Å². The number of hydrogen-bond acceptors (Lipinski definition) is 1. The van der Waals surface area contributed by atoms with E-state index in [0.717, 1.165) is 11.3 Å². The van der Waals surface area contributed by atoms with Gasteiger partial charge in [0.2, 0.25) is 0 Å². The lowest BCUT2D eigenvalue weighted by Gasteiger charge is -2.06. The van der Waals surface area contributed by atoms with Crippen LogP contribution in [0.3, 0.4) is 0 Å². The Morgan fingerprint density at radius 1 is 0.944 bits per heavy atom. The van der Waals surface area contributed by atoms with Gasteiger partial charge in [-0.15, -0.1) is 0 Å². The van der Waals surface area contributed by atoms with Crippen molar-refractivity contribution in [3.8, 4) is 16.9 Å². The van der Waals surface area contributed by atoms with E-state index in [1.807, 2.05) is 26.0 Å². The van der Waals surface area contributed by atoms with Crippen molar-refractivity contribution < 1.29 is 4.74 Å². The van der Waals surface area contributed by atoms with Gasteiger partial charge in [0.05, 0.1) is 6.61 Å². The van der Waals surface area contributed by atoms with Gasteiger partial charge in [-0.25, -0.2) is 0 Å². The summed E-state index contributed by atoms with van der Waals surface area (Å²) in [5.74, 6) is 0.916. The van der Waals surface area contributed by atoms with Crippen LogP contribution < -0.4 is 4.74 Å². The van der Waals surface area contributed by atoms with Gasteiger partial charge in [0, 0.05) is 0 Å². The minimum absolute atomic E-state index is 0.701. The van der Waals surface area contributed by atoms with Crippen molar-refractivity contribution in [2.75, 3.05) is 6.61 Å². The summed E-state index contributed by atoms with van der Waals surface area (Å²) in [6, 6.07) is 16.6. The summed E-state index contributed by atoms with van der Waals surface area (Å²) in [5.41, 5.74) is 4.69. The average Bonchev–Trinajstić information content (AvgIpc) is 2.40. The first-order valence-electron chi connectivity index (χ1n) is 6.20. The van der Waals surface area contributed by atoms with Crippen LogP contribution in [0.2, 0.25) is 0 Å². The van der Waals surface area contributed by atoms with Crippen LogP contribution in [0.25, 0.3) is 16.7 Å². The van der Waals surface area contributed by atoms with Gasteiger partial charge in [0.15, 0.2) is 0 Å². The summed E-state index contributed by atoms with van der Waals surface area (Å²) < 4.78 is 5.44. The standard InChI is InChI=1S/C17H18O/c1-4-18-17-11-9-16(10-12-17)15-7-5-14(6-8-15)13(2)3/h5-12H,2,4H2,1,3H3. The highest BCUT2D eigenvalue weighted by atomic mass is 16.5. The molecule has 2 aromatic carbocycles. The Bertz CT molecular complexity index is 521. The highest BCUT2D eigenvalue weighted by Crippen LogP contribution is 2.24. The van der Waals surface area contributed by atoms with Crippen LogP contribution in [0.4, 0.5) is 0 Å². The summed E-state index contributed by atoms with van der Waals surface area (Å²) in [6.07, 6.45) is 0. The first kappa shape index (κ1) is 12.4. The Morgan fingerprint density at radius 3 is 1.89 bits per heavy atom. The molecule has 0 saturated heterocycles. The van der Waals surface area contributed by atoms with E-state index < -0.39 is 0 Å². The molecule has 2 rings (SSSR count). The van der Waals surface area contributed by atoms with Crippen molar-refractivity contribution in [2.24, 2.45) is 0 Å². The van der Waals surface area contributed by atoms with Gasteiger partial charge in [0.25, 0.3) is 0 Å². The van der Waals surface area contributed by atoms with E-state index in [1.54, 1.807) is 0 Å². The largest absolute Gasteiger partial charge is 0.494 e. The normalized spacial score (nSPS) is 10.1. The predicted molar refractivity (Wildman–Crippen MR) is 77.8 cm³/mol. The lowest BCUT2D eigenvalue weighted by Crippen LogP contribution is -1.90. The van der Waals surface area contributed by atoms with Crippen LogP contribution in [0.1, 0.15) is 19.4 Å². The van der Waals surface area contributed by atoms with Gasteiger partial charge in [-0.1, -0.05) is 48.6 Å². The monoisotopic (exact) mass is 238 g/mol. The summed E-state index contributed by atoms with van der Waals surface area (Å²) in [6.45, 7) is 8.65. The first-order chi connectivity index (χ1) is 8.70. The molecule has 0 heterocycles. The van der Waals surface area contributed by atoms with E-state index in [-0.39, 0.29) is 0 Å². The quantitative estimate of drug-likeness (QED) is 0.744. The zero-order valence-electron chi connectivity index (χ0n) is 10.9. The molecular weight excluding hydrogens is 220 g/mol. The molecule has 0 aliphatic carbocycles. The predicted octanol–water partition coefficient (Wildman–Crippen LogP) is 4.79. The molecule has 2 aromatic rings. The van der Waals surface area contributed by atoms with Crippen LogP contribution in [-0.4, -0.2) is 6.61 Å². The number of allylic oxidation sites excluding steroid dienone is 1. The third kappa shape index (κ3) is 2.80. The van der Waals surface area contributed by atoms with Crippen LogP contribution in [0.15, 0.2) is 55.1 Å². The maximum Gasteiger partial charge on any atom is 0.119 e. The lowest BCUT2D eigenvalue weighted by molar-refractivity contribution is 0.340. The Labute approximate surface area is 109 Å². The first-order valence-corrected chi connectivity index (χ1v) is 6.20. The molecule has 0 fully saturated rings. The topological polar surface area (TPSA) is 9.23 Å². The maximum atomic E-state index is 5.44. The molecule has 0 radical (unpaired) electrons. The van der Waals surface area contributed by atoms with Gasteiger partial charge < -0.3 is 4.74 Å². The average molecular weight is 238 g/mol. The van der Waals surface area contributed by atoms with E-state index >= 15 is 0 Å². The van der Waals surface area contributed by atoms with Crippen molar-refractivity contribution >= 4 is 5.57 Å². The van der Waals surface area contributed by atoms with Gasteiger partial charge in [-0.05, 0) is 42.7 Å². The Balaban J connectivity index is 2.23. The van der Waals surface area contributed by atoms with Crippen molar-refractivity contribution in [3.05, 3.63) is 60.7 Å². The Kier molecular flexibility index (Phi) is 3.83. The van der Waals surface area contributed by atoms with E-state index in [0.29, 0.717) is 6.61 Å². The smallest absolute Gasteiger partial charge is 0.119 e. The third-order valence-electron chi connectivity index (χ3n) is 2.88. The minimum Gasteiger partial charge on any atom is -0.494 e. The molecule has 0 amide bonds. The Morgan fingerprint density at radius 2 is 1.44 bits per heavy atom. The van der Waals surface area contributed by atoms with Gasteiger partial charge in [-0.2, -0.15) is 0 Å². The van der Waals surface area contributed by atoms with Gasteiger partial charge in [-0.3, -0.25) is 0 Å². The minimum atomic E-state index is 0.701. The third-order valence-corrected chi connectivity index (χ3v) is 2.88. The number of ether oxygens (including phenoxy) is 1. The summed E-state index contributed by atoms with van der Waals surface area (Å²) >= 11 is 0. The molecular formula is C17H18O. The molecule has 0 aliphatic heterocycles. The number of hydrogen-bond donors (Lipinski definition) is 0. The number of benzene rings is 2. The molecule has 0 aliphatic rings. The van der Waals surface area contributed by atoms with Crippen LogP contribution in [0, 0.1) is 0 Å². The Hall–Kier alpha value is -2.02. The second-order valence-electron chi connectivity index (χ2n) is 4.32. The van der Waals surface area contributed by atoms with Crippen molar-refractivity contribution in [2.45, 2.75) is 13.8 Å². The molecule has 0 aromatic heterocycles. The summed E-state index contributed by atoms with van der Waals surface area (Å²) in [4.78, 5) is 0. The van der Waals surface area contributed by atoms with Crippen LogP contribution in [-0.2, 0) is 0 Å². The molecule has 0 unspecified atom stereocenters. The van der Waals surface area contributed by atoms with E-state index in [1.165, 1.54) is 16.7 Å². The van der Waals surface area contributed by atoms with E-state index in [2.05, 4.69) is 43.0 Å². The van der Waals surface area contributed by atoms with Gasteiger partial charge >= 0.3 is 0 Å². The second-order valence-corrected chi connectivity index (χ2v) is 4.32. The zero-order chi connectivity index (χ0) is 13.0. The highest BCUT2D eigenvalue weighted by Gasteiger charge is 1.99. The molecule has 18 heavy (non-hydrogen) atoms. The maximum absolute atomic E-state index is 5.44. The summed E-state index contributed by atoms with van der Waals surface area (Å²) in [5, 5.41) is 0. The molecule has 0 spiro atoms. The van der Waals surface area contributed by atoms with E-state index in [9.17, 15) is 0 Å². The fraction of sp³-hybridized carbons (Fsp3) is 0.176. The molecule has 0 atom stereocenters. The second kappa shape index (κ2) is 5.54. The fourth-order valence-electron chi connectivity index (χ4n) is 1.86. The zero-order valence-corrected chi connectivity index (χ0v) is 10.9. The van der Waals surface area contributed by atoms with Crippen molar-refractivity contribution in [3.63, 3.8) is 0 Å². The summed E-state index contributed by atoms with van der Waals surface area (Å²) in [7, 11) is 0. The highest BCUT2D eigenvalue weighted by molar-refractivity contribution is 5.68. The fourth-order valence-corrected chi connectivity index (χ4v) is 1.86. The molecule has 0 saturated carbocycles. The van der Waals surface area contributed by atoms with Crippen LogP contribution >= 0.6 is 0 Å². The number of rotatable bonds is 4. The van der Waals surface area contributed by atoms with Gasteiger partial charge in [0.1, 0.15) is 5.75 Å². The molecule has 92 valence electrons. The van der Waals surface area contributed by atoms with E-state index in [4.69, 9.17) is 4.74 Å². The SMILES string of the molecule is C=C(C)c1ccc(-c2ccc(OCC)cc2)cc1. The molecule has 1 heteroatoms. The molecule has 0 bridgehead atoms. The molecule has 0 N–H and O–H groups in total. The van der Waals surface area contributed by atoms with Crippen molar-refractivity contribution in [1.82, 2.24) is 0 Å².